The predicted molar refractivity (Wildman–Crippen MR) is 111 cm³/mol. The van der Waals surface area contributed by atoms with Crippen molar-refractivity contribution in [1.29, 1.82) is 0 Å². The molecule has 1 aliphatic heterocycles. The zero-order valence-electron chi connectivity index (χ0n) is 15.7. The number of nitrogens with one attached hydrogen (secondary N) is 1. The highest BCUT2D eigenvalue weighted by Gasteiger charge is 2.21. The molecule has 1 N–H and O–H groups in total. The third-order valence-electron chi connectivity index (χ3n) is 5.15. The molecule has 5 heteroatoms. The summed E-state index contributed by atoms with van der Waals surface area (Å²) in [6.45, 7) is 4.70. The highest BCUT2D eigenvalue weighted by molar-refractivity contribution is 7.13. The standard InChI is InChI=1S/C22H25N3OS/c1-2-3-5-16-7-9-17(10-8-16)14-25-12-11-19-18(15-25)22(26)24-21(23-19)20-6-4-13-27-20/h4,6-10,13H,2-3,5,11-12,14-15H2,1H3,(H,23,24,26). The molecule has 4 nitrogen and oxygen atoms in total. The minimum Gasteiger partial charge on any atom is -0.306 e. The summed E-state index contributed by atoms with van der Waals surface area (Å²) < 4.78 is 0. The Morgan fingerprint density at radius 3 is 2.74 bits per heavy atom. The van der Waals surface area contributed by atoms with Crippen LogP contribution >= 0.6 is 11.3 Å². The third-order valence-corrected chi connectivity index (χ3v) is 6.03. The third kappa shape index (κ3) is 4.20. The number of benzene rings is 1. The summed E-state index contributed by atoms with van der Waals surface area (Å²) in [5.74, 6) is 0.699. The molecule has 0 radical (unpaired) electrons. The van der Waals surface area contributed by atoms with Gasteiger partial charge in [0.1, 0.15) is 0 Å². The van der Waals surface area contributed by atoms with Crippen LogP contribution in [0.2, 0.25) is 0 Å². The summed E-state index contributed by atoms with van der Waals surface area (Å²) in [7, 11) is 0. The van der Waals surface area contributed by atoms with Crippen LogP contribution in [0.25, 0.3) is 10.7 Å². The minimum absolute atomic E-state index is 0.00279. The highest BCUT2D eigenvalue weighted by atomic mass is 32.1. The van der Waals surface area contributed by atoms with E-state index in [9.17, 15) is 4.79 Å². The van der Waals surface area contributed by atoms with Gasteiger partial charge in [-0.1, -0.05) is 43.7 Å². The lowest BCUT2D eigenvalue weighted by atomic mass is 10.0. The van der Waals surface area contributed by atoms with Gasteiger partial charge in [-0.15, -0.1) is 11.3 Å². The maximum absolute atomic E-state index is 12.6. The van der Waals surface area contributed by atoms with E-state index < -0.39 is 0 Å². The fourth-order valence-corrected chi connectivity index (χ4v) is 4.27. The number of fused-ring (bicyclic) bond motifs is 1. The molecule has 1 aliphatic rings. The van der Waals surface area contributed by atoms with Crippen molar-refractivity contribution in [2.24, 2.45) is 0 Å². The first-order chi connectivity index (χ1) is 13.2. The van der Waals surface area contributed by atoms with E-state index in [4.69, 9.17) is 4.98 Å². The molecule has 0 amide bonds. The second-order valence-corrected chi connectivity index (χ2v) is 8.15. The molecule has 0 saturated carbocycles. The Balaban J connectivity index is 1.46. The number of aromatic nitrogens is 2. The van der Waals surface area contributed by atoms with Crippen molar-refractivity contribution in [2.45, 2.75) is 45.7 Å². The lowest BCUT2D eigenvalue weighted by Gasteiger charge is -2.27. The molecule has 1 aromatic carbocycles. The van der Waals surface area contributed by atoms with Gasteiger partial charge in [0.2, 0.25) is 0 Å². The smallest absolute Gasteiger partial charge is 0.255 e. The van der Waals surface area contributed by atoms with E-state index in [-0.39, 0.29) is 5.56 Å². The fourth-order valence-electron chi connectivity index (χ4n) is 3.60. The first kappa shape index (κ1) is 18.1. The SMILES string of the molecule is CCCCc1ccc(CN2CCc3nc(-c4cccs4)[nH]c(=O)c3C2)cc1. The number of H-pyrrole nitrogens is 1. The number of thiophene rings is 1. The molecule has 0 fully saturated rings. The van der Waals surface area contributed by atoms with Crippen LogP contribution in [0.3, 0.4) is 0 Å². The van der Waals surface area contributed by atoms with Crippen LogP contribution in [-0.2, 0) is 25.9 Å². The van der Waals surface area contributed by atoms with Crippen molar-refractivity contribution in [3.63, 3.8) is 0 Å². The van der Waals surface area contributed by atoms with Gasteiger partial charge in [0.05, 0.1) is 16.1 Å². The Morgan fingerprint density at radius 1 is 1.19 bits per heavy atom. The van der Waals surface area contributed by atoms with Crippen molar-refractivity contribution in [2.75, 3.05) is 6.54 Å². The number of aryl methyl sites for hydroxylation is 1. The molecule has 2 aromatic heterocycles. The van der Waals surface area contributed by atoms with Crippen molar-refractivity contribution in [3.8, 4) is 10.7 Å². The van der Waals surface area contributed by atoms with Crippen molar-refractivity contribution in [3.05, 3.63) is 74.5 Å². The molecule has 140 valence electrons. The Bertz CT molecular complexity index is 945. The Morgan fingerprint density at radius 2 is 2.00 bits per heavy atom. The van der Waals surface area contributed by atoms with E-state index in [2.05, 4.69) is 41.1 Å². The molecule has 4 rings (SSSR count). The molecule has 0 saturated heterocycles. The van der Waals surface area contributed by atoms with Crippen LogP contribution in [0.15, 0.2) is 46.6 Å². The number of unbranched alkanes of at least 4 members (excludes halogenated alkanes) is 1. The van der Waals surface area contributed by atoms with Crippen LogP contribution < -0.4 is 5.56 Å². The van der Waals surface area contributed by atoms with Gasteiger partial charge < -0.3 is 4.98 Å². The van der Waals surface area contributed by atoms with Crippen LogP contribution in [0.1, 0.15) is 42.1 Å². The van der Waals surface area contributed by atoms with E-state index in [0.29, 0.717) is 12.4 Å². The van der Waals surface area contributed by atoms with Gasteiger partial charge in [0.25, 0.3) is 5.56 Å². The molecule has 0 aliphatic carbocycles. The monoisotopic (exact) mass is 379 g/mol. The second-order valence-electron chi connectivity index (χ2n) is 7.20. The van der Waals surface area contributed by atoms with Crippen LogP contribution in [-0.4, -0.2) is 21.4 Å². The highest BCUT2D eigenvalue weighted by Crippen LogP contribution is 2.23. The van der Waals surface area contributed by atoms with E-state index >= 15 is 0 Å². The molecule has 0 spiro atoms. The Labute approximate surface area is 163 Å². The van der Waals surface area contributed by atoms with E-state index in [1.165, 1.54) is 24.0 Å². The molecule has 27 heavy (non-hydrogen) atoms. The molecular weight excluding hydrogens is 354 g/mol. The number of hydrogen-bond donors (Lipinski definition) is 1. The van der Waals surface area contributed by atoms with Crippen molar-refractivity contribution < 1.29 is 0 Å². The van der Waals surface area contributed by atoms with Gasteiger partial charge >= 0.3 is 0 Å². The average molecular weight is 380 g/mol. The Kier molecular flexibility index (Phi) is 5.50. The number of rotatable bonds is 6. The number of aromatic amines is 1. The van der Waals surface area contributed by atoms with Crippen LogP contribution in [0.5, 0.6) is 0 Å². The maximum atomic E-state index is 12.6. The largest absolute Gasteiger partial charge is 0.306 e. The summed E-state index contributed by atoms with van der Waals surface area (Å²) in [5, 5.41) is 2.00. The molecule has 0 atom stereocenters. The lowest BCUT2D eigenvalue weighted by Crippen LogP contribution is -2.35. The van der Waals surface area contributed by atoms with Gasteiger partial charge in [-0.3, -0.25) is 9.69 Å². The minimum atomic E-state index is 0.00279. The van der Waals surface area contributed by atoms with E-state index in [0.717, 1.165) is 42.1 Å². The van der Waals surface area contributed by atoms with Gasteiger partial charge in [0.15, 0.2) is 5.82 Å². The molecule has 0 bridgehead atoms. The van der Waals surface area contributed by atoms with Gasteiger partial charge in [-0.25, -0.2) is 4.98 Å². The summed E-state index contributed by atoms with van der Waals surface area (Å²) in [5.41, 5.74) is 4.49. The van der Waals surface area contributed by atoms with Crippen LogP contribution in [0.4, 0.5) is 0 Å². The van der Waals surface area contributed by atoms with Gasteiger partial charge in [-0.05, 0) is 35.4 Å². The zero-order valence-corrected chi connectivity index (χ0v) is 16.5. The molecule has 0 unspecified atom stereocenters. The van der Waals surface area contributed by atoms with Gasteiger partial charge in [0, 0.05) is 26.1 Å². The summed E-state index contributed by atoms with van der Waals surface area (Å²) in [4.78, 5) is 23.7. The zero-order chi connectivity index (χ0) is 18.6. The quantitative estimate of drug-likeness (QED) is 0.691. The summed E-state index contributed by atoms with van der Waals surface area (Å²) in [6.07, 6.45) is 4.45. The number of nitrogens with zero attached hydrogens (tertiary/aromatic N) is 2. The molecular formula is C22H25N3OS. The lowest BCUT2D eigenvalue weighted by molar-refractivity contribution is 0.242. The fraction of sp³-hybridized carbons (Fsp3) is 0.364. The van der Waals surface area contributed by atoms with Gasteiger partial charge in [-0.2, -0.15) is 0 Å². The molecule has 3 aromatic rings. The van der Waals surface area contributed by atoms with Crippen molar-refractivity contribution >= 4 is 11.3 Å². The normalized spacial score (nSPS) is 14.3. The topological polar surface area (TPSA) is 49.0 Å². The summed E-state index contributed by atoms with van der Waals surface area (Å²) >= 11 is 1.60. The first-order valence-corrected chi connectivity index (χ1v) is 10.6. The van der Waals surface area contributed by atoms with Crippen LogP contribution in [0, 0.1) is 0 Å². The Hall–Kier alpha value is -2.24. The van der Waals surface area contributed by atoms with E-state index in [1.807, 2.05) is 17.5 Å². The van der Waals surface area contributed by atoms with E-state index in [1.54, 1.807) is 11.3 Å². The van der Waals surface area contributed by atoms with Crippen molar-refractivity contribution in [1.82, 2.24) is 14.9 Å². The maximum Gasteiger partial charge on any atom is 0.255 e. The summed E-state index contributed by atoms with van der Waals surface area (Å²) in [6, 6.07) is 12.9. The average Bonchev–Trinajstić information content (AvgIpc) is 3.23. The first-order valence-electron chi connectivity index (χ1n) is 9.69. The second kappa shape index (κ2) is 8.19. The molecule has 3 heterocycles. The predicted octanol–water partition coefficient (Wildman–Crippen LogP) is 4.40. The number of hydrogen-bond acceptors (Lipinski definition) is 4.